The Morgan fingerprint density at radius 1 is 1.23 bits per heavy atom. The number of thioether (sulfide) groups is 1. The molecule has 1 heterocycles. The molecule has 0 atom stereocenters. The topological polar surface area (TPSA) is 93.2 Å². The lowest BCUT2D eigenvalue weighted by Crippen LogP contribution is -2.26. The van der Waals surface area contributed by atoms with Crippen molar-refractivity contribution < 1.29 is 14.3 Å². The third-order valence-electron chi connectivity index (χ3n) is 3.32. The number of anilines is 1. The molecule has 140 valence electrons. The number of benzene rings is 1. The zero-order chi connectivity index (χ0) is 18.8. The molecule has 0 saturated carbocycles. The predicted octanol–water partition coefficient (Wildman–Crippen LogP) is 2.95. The Kier molecular flexibility index (Phi) is 8.36. The number of nitrogens with one attached hydrogen (secondary N) is 2. The average Bonchev–Trinajstić information content (AvgIpc) is 3.12. The minimum Gasteiger partial charge on any atom is -0.497 e. The van der Waals surface area contributed by atoms with E-state index in [0.29, 0.717) is 28.7 Å². The molecule has 1 aromatic carbocycles. The van der Waals surface area contributed by atoms with Crippen molar-refractivity contribution in [3.63, 3.8) is 0 Å². The van der Waals surface area contributed by atoms with E-state index in [1.807, 2.05) is 0 Å². The summed E-state index contributed by atoms with van der Waals surface area (Å²) in [4.78, 5) is 23.8. The number of unbranched alkanes of at least 4 members (excludes halogenated alkanes) is 1. The highest BCUT2D eigenvalue weighted by atomic mass is 32.2. The second-order valence-electron chi connectivity index (χ2n) is 5.38. The molecule has 0 unspecified atom stereocenters. The van der Waals surface area contributed by atoms with Gasteiger partial charge in [-0.15, -0.1) is 22.0 Å². The molecule has 9 heteroatoms. The van der Waals surface area contributed by atoms with Gasteiger partial charge in [-0.3, -0.25) is 9.59 Å². The largest absolute Gasteiger partial charge is 0.497 e. The molecule has 1 aromatic heterocycles. The highest BCUT2D eigenvalue weighted by Crippen LogP contribution is 2.19. The standard InChI is InChI=1S/C17H22N4O3S2/c1-3-4-9-18-14(22)10-25-11-15-20-21-17(26-15)16(23)19-12-5-7-13(24-2)8-6-12/h5-8H,3-4,9-11H2,1-2H3,(H,18,22)(H,19,23). The van der Waals surface area contributed by atoms with E-state index in [4.69, 9.17) is 4.74 Å². The fourth-order valence-electron chi connectivity index (χ4n) is 1.95. The van der Waals surface area contributed by atoms with Crippen molar-refractivity contribution in [1.29, 1.82) is 0 Å². The summed E-state index contributed by atoms with van der Waals surface area (Å²) in [6.07, 6.45) is 2.04. The van der Waals surface area contributed by atoms with Gasteiger partial charge in [-0.2, -0.15) is 0 Å². The normalized spacial score (nSPS) is 10.4. The summed E-state index contributed by atoms with van der Waals surface area (Å²) in [5.74, 6) is 1.36. The van der Waals surface area contributed by atoms with Crippen LogP contribution in [-0.2, 0) is 10.5 Å². The smallest absolute Gasteiger partial charge is 0.286 e. The number of carbonyl (C=O) groups excluding carboxylic acids is 2. The Labute approximate surface area is 160 Å². The van der Waals surface area contributed by atoms with E-state index < -0.39 is 0 Å². The zero-order valence-corrected chi connectivity index (χ0v) is 16.4. The van der Waals surface area contributed by atoms with Gasteiger partial charge in [0.2, 0.25) is 10.9 Å². The van der Waals surface area contributed by atoms with Crippen LogP contribution in [0.5, 0.6) is 5.75 Å². The van der Waals surface area contributed by atoms with Crippen molar-refractivity contribution in [2.45, 2.75) is 25.5 Å². The average molecular weight is 395 g/mol. The monoisotopic (exact) mass is 394 g/mol. The van der Waals surface area contributed by atoms with E-state index in [-0.39, 0.29) is 11.8 Å². The number of hydrogen-bond acceptors (Lipinski definition) is 7. The maximum Gasteiger partial charge on any atom is 0.286 e. The van der Waals surface area contributed by atoms with Crippen LogP contribution in [-0.4, -0.2) is 41.4 Å². The lowest BCUT2D eigenvalue weighted by atomic mass is 10.3. The molecule has 0 aliphatic rings. The van der Waals surface area contributed by atoms with Gasteiger partial charge in [-0.25, -0.2) is 0 Å². The molecule has 0 aliphatic carbocycles. The Morgan fingerprint density at radius 2 is 2.00 bits per heavy atom. The summed E-state index contributed by atoms with van der Waals surface area (Å²) in [6, 6.07) is 7.05. The second-order valence-corrected chi connectivity index (χ2v) is 7.43. The van der Waals surface area contributed by atoms with Crippen LogP contribution in [0.3, 0.4) is 0 Å². The number of ether oxygens (including phenoxy) is 1. The minimum atomic E-state index is -0.304. The quantitative estimate of drug-likeness (QED) is 0.602. The number of aromatic nitrogens is 2. The summed E-state index contributed by atoms with van der Waals surface area (Å²) in [7, 11) is 1.59. The molecule has 2 rings (SSSR count). The van der Waals surface area contributed by atoms with E-state index in [9.17, 15) is 9.59 Å². The molecule has 0 saturated heterocycles. The van der Waals surface area contributed by atoms with Crippen molar-refractivity contribution in [2.24, 2.45) is 0 Å². The van der Waals surface area contributed by atoms with Crippen LogP contribution in [0.25, 0.3) is 0 Å². The maximum absolute atomic E-state index is 12.2. The summed E-state index contributed by atoms with van der Waals surface area (Å²) in [5.41, 5.74) is 0.658. The molecule has 0 aliphatic heterocycles. The Morgan fingerprint density at radius 3 is 2.69 bits per heavy atom. The SMILES string of the molecule is CCCCNC(=O)CSCc1nnc(C(=O)Nc2ccc(OC)cc2)s1. The Hall–Kier alpha value is -2.13. The van der Waals surface area contributed by atoms with Gasteiger partial charge in [0.15, 0.2) is 0 Å². The lowest BCUT2D eigenvalue weighted by molar-refractivity contribution is -0.118. The summed E-state index contributed by atoms with van der Waals surface area (Å²) < 4.78 is 5.08. The van der Waals surface area contributed by atoms with Crippen LogP contribution in [0.1, 0.15) is 34.6 Å². The lowest BCUT2D eigenvalue weighted by Gasteiger charge is -2.04. The number of methoxy groups -OCH3 is 1. The second kappa shape index (κ2) is 10.8. The molecule has 0 spiro atoms. The third-order valence-corrected chi connectivity index (χ3v) is 5.37. The fourth-order valence-corrected chi connectivity index (χ4v) is 3.59. The molecule has 2 aromatic rings. The van der Waals surface area contributed by atoms with Gasteiger partial charge >= 0.3 is 0 Å². The summed E-state index contributed by atoms with van der Waals surface area (Å²) in [6.45, 7) is 2.79. The molecule has 2 N–H and O–H groups in total. The van der Waals surface area contributed by atoms with Gasteiger partial charge < -0.3 is 15.4 Å². The van der Waals surface area contributed by atoms with Crippen molar-refractivity contribution in [3.8, 4) is 5.75 Å². The fraction of sp³-hybridized carbons (Fsp3) is 0.412. The number of amides is 2. The molecular weight excluding hydrogens is 372 g/mol. The number of rotatable bonds is 10. The van der Waals surface area contributed by atoms with Crippen molar-refractivity contribution in [2.75, 3.05) is 24.7 Å². The van der Waals surface area contributed by atoms with E-state index in [0.717, 1.165) is 23.6 Å². The first-order valence-electron chi connectivity index (χ1n) is 8.24. The number of hydrogen-bond donors (Lipinski definition) is 2. The van der Waals surface area contributed by atoms with Crippen molar-refractivity contribution in [3.05, 3.63) is 34.3 Å². The van der Waals surface area contributed by atoms with E-state index in [1.54, 1.807) is 31.4 Å². The van der Waals surface area contributed by atoms with Crippen LogP contribution >= 0.6 is 23.1 Å². The summed E-state index contributed by atoms with van der Waals surface area (Å²) in [5, 5.41) is 14.6. The highest BCUT2D eigenvalue weighted by Gasteiger charge is 2.13. The molecule has 0 bridgehead atoms. The van der Waals surface area contributed by atoms with Crippen LogP contribution in [0.2, 0.25) is 0 Å². The Bertz CT molecular complexity index is 719. The van der Waals surface area contributed by atoms with E-state index in [2.05, 4.69) is 27.8 Å². The first kappa shape index (κ1) is 20.2. The van der Waals surface area contributed by atoms with Crippen molar-refractivity contribution in [1.82, 2.24) is 15.5 Å². The maximum atomic E-state index is 12.2. The highest BCUT2D eigenvalue weighted by molar-refractivity contribution is 7.99. The van der Waals surface area contributed by atoms with E-state index >= 15 is 0 Å². The van der Waals surface area contributed by atoms with Gasteiger partial charge in [0, 0.05) is 18.0 Å². The number of carbonyl (C=O) groups is 2. The minimum absolute atomic E-state index is 0.0189. The third kappa shape index (κ3) is 6.64. The van der Waals surface area contributed by atoms with Crippen LogP contribution in [0.4, 0.5) is 5.69 Å². The molecule has 2 amide bonds. The molecule has 7 nitrogen and oxygen atoms in total. The zero-order valence-electron chi connectivity index (χ0n) is 14.8. The molecule has 26 heavy (non-hydrogen) atoms. The number of nitrogens with zero attached hydrogens (tertiary/aromatic N) is 2. The van der Waals surface area contributed by atoms with Crippen LogP contribution < -0.4 is 15.4 Å². The molecular formula is C17H22N4O3S2. The van der Waals surface area contributed by atoms with E-state index in [1.165, 1.54) is 23.1 Å². The van der Waals surface area contributed by atoms with Gasteiger partial charge in [-0.05, 0) is 30.7 Å². The van der Waals surface area contributed by atoms with Gasteiger partial charge in [0.25, 0.3) is 5.91 Å². The predicted molar refractivity (Wildman–Crippen MR) is 105 cm³/mol. The molecule has 0 fully saturated rings. The van der Waals surface area contributed by atoms with Gasteiger partial charge in [-0.1, -0.05) is 24.7 Å². The summed E-state index contributed by atoms with van der Waals surface area (Å²) >= 11 is 2.69. The Balaban J connectivity index is 1.77. The van der Waals surface area contributed by atoms with Crippen LogP contribution in [0.15, 0.2) is 24.3 Å². The first-order valence-corrected chi connectivity index (χ1v) is 10.2. The van der Waals surface area contributed by atoms with Crippen molar-refractivity contribution >= 4 is 40.6 Å². The molecule has 0 radical (unpaired) electrons. The van der Waals surface area contributed by atoms with Crippen LogP contribution in [0, 0.1) is 0 Å². The van der Waals surface area contributed by atoms with Gasteiger partial charge in [0.1, 0.15) is 10.8 Å². The first-order chi connectivity index (χ1) is 12.6. The van der Waals surface area contributed by atoms with Gasteiger partial charge in [0.05, 0.1) is 12.9 Å².